The minimum Gasteiger partial charge on any atom is -0.496 e. The maximum Gasteiger partial charge on any atom is 0.132 e. The van der Waals surface area contributed by atoms with Gasteiger partial charge in [-0.1, -0.05) is 17.4 Å². The second-order valence-electron chi connectivity index (χ2n) is 3.11. The molecule has 2 aromatic rings. The van der Waals surface area contributed by atoms with Crippen LogP contribution < -0.4 is 15.2 Å². The number of nitrogen functional groups attached to an aromatic ring is 1. The van der Waals surface area contributed by atoms with Gasteiger partial charge in [0.2, 0.25) is 0 Å². The molecule has 0 radical (unpaired) electrons. The molecule has 0 unspecified atom stereocenters. The minimum atomic E-state index is 0.669. The summed E-state index contributed by atoms with van der Waals surface area (Å²) in [5, 5.41) is 1.47. The molecule has 0 atom stereocenters. The predicted octanol–water partition coefficient (Wildman–Crippen LogP) is 2.41. The van der Waals surface area contributed by atoms with Crippen molar-refractivity contribution in [3.05, 3.63) is 24.4 Å². The zero-order valence-electron chi connectivity index (χ0n) is 9.06. The summed E-state index contributed by atoms with van der Waals surface area (Å²) in [6.07, 6.45) is 1.63. The molecule has 0 aliphatic heterocycles. The summed E-state index contributed by atoms with van der Waals surface area (Å²) in [4.78, 5) is 4.24. The molecule has 0 fully saturated rings. The lowest BCUT2D eigenvalue weighted by Gasteiger charge is -2.10. The Balaban J connectivity index is 2.60. The van der Waals surface area contributed by atoms with Gasteiger partial charge >= 0.3 is 0 Å². The number of hydrogen-bond acceptors (Lipinski definition) is 5. The zero-order chi connectivity index (χ0) is 11.5. The molecule has 84 valence electrons. The quantitative estimate of drug-likeness (QED) is 0.889. The molecule has 0 amide bonds. The van der Waals surface area contributed by atoms with Crippen LogP contribution in [0.15, 0.2) is 24.4 Å². The van der Waals surface area contributed by atoms with E-state index in [0.29, 0.717) is 5.00 Å². The number of thiazole rings is 1. The summed E-state index contributed by atoms with van der Waals surface area (Å²) in [6, 6.07) is 5.61. The molecule has 1 heterocycles. The number of anilines is 1. The Kier molecular flexibility index (Phi) is 2.96. The van der Waals surface area contributed by atoms with Gasteiger partial charge in [-0.25, -0.2) is 4.98 Å². The van der Waals surface area contributed by atoms with Crippen molar-refractivity contribution in [1.29, 1.82) is 0 Å². The fourth-order valence-electron chi connectivity index (χ4n) is 1.46. The van der Waals surface area contributed by atoms with Crippen LogP contribution >= 0.6 is 11.3 Å². The van der Waals surface area contributed by atoms with Crippen LogP contribution in [0, 0.1) is 0 Å². The Morgan fingerprint density at radius 1 is 1.19 bits per heavy atom. The van der Waals surface area contributed by atoms with Gasteiger partial charge in [-0.2, -0.15) is 0 Å². The fraction of sp³-hybridized carbons (Fsp3) is 0.182. The minimum absolute atomic E-state index is 0.669. The Morgan fingerprint density at radius 2 is 1.81 bits per heavy atom. The van der Waals surface area contributed by atoms with Crippen LogP contribution in [0.5, 0.6) is 11.5 Å². The number of nitrogens with zero attached hydrogens (tertiary/aromatic N) is 1. The van der Waals surface area contributed by atoms with Gasteiger partial charge in [0.1, 0.15) is 21.5 Å². The van der Waals surface area contributed by atoms with Gasteiger partial charge in [0.15, 0.2) is 0 Å². The van der Waals surface area contributed by atoms with Crippen molar-refractivity contribution in [2.75, 3.05) is 20.0 Å². The lowest BCUT2D eigenvalue weighted by atomic mass is 10.2. The monoisotopic (exact) mass is 236 g/mol. The number of rotatable bonds is 3. The summed E-state index contributed by atoms with van der Waals surface area (Å²) in [6.45, 7) is 0. The van der Waals surface area contributed by atoms with Gasteiger partial charge in [-0.05, 0) is 12.1 Å². The number of aromatic nitrogens is 1. The molecule has 0 aliphatic rings. The van der Waals surface area contributed by atoms with Crippen molar-refractivity contribution in [3.63, 3.8) is 0 Å². The van der Waals surface area contributed by atoms with E-state index in [-0.39, 0.29) is 0 Å². The van der Waals surface area contributed by atoms with E-state index in [1.165, 1.54) is 11.3 Å². The highest BCUT2D eigenvalue weighted by Gasteiger charge is 2.15. The van der Waals surface area contributed by atoms with E-state index < -0.39 is 0 Å². The lowest BCUT2D eigenvalue weighted by Crippen LogP contribution is -1.92. The number of methoxy groups -OCH3 is 2. The van der Waals surface area contributed by atoms with Gasteiger partial charge in [0.25, 0.3) is 0 Å². The van der Waals surface area contributed by atoms with Crippen LogP contribution in [0.4, 0.5) is 5.00 Å². The molecular formula is C11H12N2O2S. The predicted molar refractivity (Wildman–Crippen MR) is 65.1 cm³/mol. The van der Waals surface area contributed by atoms with E-state index >= 15 is 0 Å². The van der Waals surface area contributed by atoms with Crippen molar-refractivity contribution < 1.29 is 9.47 Å². The average molecular weight is 236 g/mol. The van der Waals surface area contributed by atoms with Crippen LogP contribution in [0.2, 0.25) is 0 Å². The topological polar surface area (TPSA) is 57.4 Å². The summed E-state index contributed by atoms with van der Waals surface area (Å²) >= 11 is 1.41. The highest BCUT2D eigenvalue weighted by atomic mass is 32.1. The third kappa shape index (κ3) is 1.81. The largest absolute Gasteiger partial charge is 0.496 e. The van der Waals surface area contributed by atoms with Gasteiger partial charge in [0.05, 0.1) is 26.0 Å². The SMILES string of the molecule is COc1cccc(OC)c1-c1ncc(N)s1. The normalized spacial score (nSPS) is 10.1. The maximum atomic E-state index is 5.67. The Bertz CT molecular complexity index is 474. The smallest absolute Gasteiger partial charge is 0.132 e. The average Bonchev–Trinajstić information content (AvgIpc) is 2.74. The van der Waals surface area contributed by atoms with Crippen molar-refractivity contribution in [2.24, 2.45) is 0 Å². The Hall–Kier alpha value is -1.75. The second-order valence-corrected chi connectivity index (χ2v) is 4.17. The van der Waals surface area contributed by atoms with Crippen molar-refractivity contribution in [2.45, 2.75) is 0 Å². The van der Waals surface area contributed by atoms with Gasteiger partial charge in [-0.15, -0.1) is 0 Å². The first kappa shape index (κ1) is 10.8. The van der Waals surface area contributed by atoms with Crippen LogP contribution in [0.25, 0.3) is 10.6 Å². The molecule has 1 aromatic carbocycles. The van der Waals surface area contributed by atoms with Gasteiger partial charge < -0.3 is 15.2 Å². The van der Waals surface area contributed by atoms with Crippen molar-refractivity contribution in [3.8, 4) is 22.1 Å². The second kappa shape index (κ2) is 4.40. The van der Waals surface area contributed by atoms with Crippen LogP contribution in [-0.2, 0) is 0 Å². The lowest BCUT2D eigenvalue weighted by molar-refractivity contribution is 0.397. The summed E-state index contributed by atoms with van der Waals surface area (Å²) in [5.41, 5.74) is 6.52. The first-order valence-corrected chi connectivity index (χ1v) is 5.50. The number of ether oxygens (including phenoxy) is 2. The molecule has 0 saturated heterocycles. The first-order valence-electron chi connectivity index (χ1n) is 4.69. The molecule has 16 heavy (non-hydrogen) atoms. The number of nitrogens with two attached hydrogens (primary N) is 1. The summed E-state index contributed by atoms with van der Waals surface area (Å²) in [5.74, 6) is 1.46. The molecule has 1 aromatic heterocycles. The first-order chi connectivity index (χ1) is 7.76. The highest BCUT2D eigenvalue weighted by Crippen LogP contribution is 2.40. The van der Waals surface area contributed by atoms with Crippen LogP contribution in [-0.4, -0.2) is 19.2 Å². The molecule has 5 heteroatoms. The maximum absolute atomic E-state index is 5.67. The molecule has 0 bridgehead atoms. The van der Waals surface area contributed by atoms with Crippen molar-refractivity contribution in [1.82, 2.24) is 4.98 Å². The van der Waals surface area contributed by atoms with E-state index in [2.05, 4.69) is 4.98 Å². The fourth-order valence-corrected chi connectivity index (χ4v) is 2.20. The Morgan fingerprint density at radius 3 is 2.25 bits per heavy atom. The zero-order valence-corrected chi connectivity index (χ0v) is 9.88. The number of hydrogen-bond donors (Lipinski definition) is 1. The van der Waals surface area contributed by atoms with Gasteiger partial charge in [-0.3, -0.25) is 0 Å². The molecular weight excluding hydrogens is 224 g/mol. The highest BCUT2D eigenvalue weighted by molar-refractivity contribution is 7.18. The molecule has 4 nitrogen and oxygen atoms in total. The molecule has 0 aliphatic carbocycles. The third-order valence-corrected chi connectivity index (χ3v) is 3.01. The van der Waals surface area contributed by atoms with Crippen LogP contribution in [0.3, 0.4) is 0 Å². The summed E-state index contributed by atoms with van der Waals surface area (Å²) < 4.78 is 10.6. The molecule has 2 N–H and O–H groups in total. The van der Waals surface area contributed by atoms with Gasteiger partial charge in [0, 0.05) is 0 Å². The van der Waals surface area contributed by atoms with E-state index in [1.54, 1.807) is 20.4 Å². The van der Waals surface area contributed by atoms with E-state index in [0.717, 1.165) is 22.1 Å². The van der Waals surface area contributed by atoms with E-state index in [1.807, 2.05) is 18.2 Å². The molecule has 0 saturated carbocycles. The summed E-state index contributed by atoms with van der Waals surface area (Å²) in [7, 11) is 3.24. The third-order valence-electron chi connectivity index (χ3n) is 2.17. The molecule has 0 spiro atoms. The number of benzene rings is 1. The molecule has 2 rings (SSSR count). The van der Waals surface area contributed by atoms with Crippen LogP contribution in [0.1, 0.15) is 0 Å². The van der Waals surface area contributed by atoms with Crippen molar-refractivity contribution >= 4 is 16.3 Å². The van der Waals surface area contributed by atoms with E-state index in [4.69, 9.17) is 15.2 Å². The van der Waals surface area contributed by atoms with E-state index in [9.17, 15) is 0 Å². The standard InChI is InChI=1S/C11H12N2O2S/c1-14-7-4-3-5-8(15-2)10(7)11-13-6-9(12)16-11/h3-6H,12H2,1-2H3. The Labute approximate surface area is 97.6 Å².